The van der Waals surface area contributed by atoms with E-state index in [2.05, 4.69) is 4.98 Å². The first kappa shape index (κ1) is 10.3. The summed E-state index contributed by atoms with van der Waals surface area (Å²) in [6.45, 7) is 0.445. The Morgan fingerprint density at radius 3 is 3.06 bits per heavy atom. The van der Waals surface area contributed by atoms with E-state index in [0.717, 1.165) is 11.0 Å². The van der Waals surface area contributed by atoms with Crippen molar-refractivity contribution in [1.82, 2.24) is 4.98 Å². The lowest BCUT2D eigenvalue weighted by Crippen LogP contribution is -2.27. The van der Waals surface area contributed by atoms with Crippen LogP contribution in [0.4, 0.5) is 0 Å². The molecule has 2 aromatic rings. The molecule has 4 nitrogen and oxygen atoms in total. The van der Waals surface area contributed by atoms with Crippen molar-refractivity contribution >= 4 is 12.6 Å². The monoisotopic (exact) mass is 227 g/mol. The number of aromatic nitrogens is 1. The van der Waals surface area contributed by atoms with Crippen LogP contribution in [0.5, 0.6) is 11.6 Å². The molecule has 0 amide bonds. The standard InChI is InChI=1S/C12H10BNO3/c15-13-11-7-10(5-4-9(11)8-16-13)17-12-3-1-2-6-14-12/h1-7,15H,8H2. The van der Waals surface area contributed by atoms with Crippen LogP contribution in [0.1, 0.15) is 5.56 Å². The first-order valence-corrected chi connectivity index (χ1v) is 5.34. The van der Waals surface area contributed by atoms with E-state index in [1.54, 1.807) is 18.3 Å². The number of hydrogen-bond donors (Lipinski definition) is 1. The molecule has 0 unspecified atom stereocenters. The quantitative estimate of drug-likeness (QED) is 0.780. The summed E-state index contributed by atoms with van der Waals surface area (Å²) in [5.41, 5.74) is 1.75. The molecule has 0 atom stereocenters. The summed E-state index contributed by atoms with van der Waals surface area (Å²) in [6.07, 6.45) is 1.67. The summed E-state index contributed by atoms with van der Waals surface area (Å²) in [4.78, 5) is 4.07. The molecule has 1 aliphatic rings. The molecule has 5 heteroatoms. The van der Waals surface area contributed by atoms with Crippen molar-refractivity contribution in [3.8, 4) is 11.6 Å². The Morgan fingerprint density at radius 2 is 2.24 bits per heavy atom. The predicted molar refractivity (Wildman–Crippen MR) is 63.1 cm³/mol. The van der Waals surface area contributed by atoms with Crippen LogP contribution in [0, 0.1) is 0 Å². The SMILES string of the molecule is OB1OCc2ccc(Oc3ccccn3)cc21. The van der Waals surface area contributed by atoms with Crippen molar-refractivity contribution in [2.45, 2.75) is 6.61 Å². The van der Waals surface area contributed by atoms with Gasteiger partial charge in [0.2, 0.25) is 5.88 Å². The van der Waals surface area contributed by atoms with Gasteiger partial charge in [-0.25, -0.2) is 4.98 Å². The average molecular weight is 227 g/mol. The molecule has 1 aromatic carbocycles. The second-order valence-electron chi connectivity index (χ2n) is 3.79. The van der Waals surface area contributed by atoms with Crippen LogP contribution in [0.2, 0.25) is 0 Å². The van der Waals surface area contributed by atoms with Crippen molar-refractivity contribution in [3.63, 3.8) is 0 Å². The normalized spacial score (nSPS) is 13.6. The lowest BCUT2D eigenvalue weighted by Gasteiger charge is -2.06. The van der Waals surface area contributed by atoms with Crippen molar-refractivity contribution in [2.75, 3.05) is 0 Å². The van der Waals surface area contributed by atoms with Crippen LogP contribution in [0.3, 0.4) is 0 Å². The molecule has 3 rings (SSSR count). The molecule has 1 aliphatic heterocycles. The summed E-state index contributed by atoms with van der Waals surface area (Å²) >= 11 is 0. The van der Waals surface area contributed by atoms with Gasteiger partial charge < -0.3 is 14.4 Å². The highest BCUT2D eigenvalue weighted by Crippen LogP contribution is 2.20. The third-order valence-corrected chi connectivity index (χ3v) is 2.64. The lowest BCUT2D eigenvalue weighted by molar-refractivity contribution is 0.275. The molecule has 0 aliphatic carbocycles. The smallest absolute Gasteiger partial charge is 0.439 e. The van der Waals surface area contributed by atoms with Crippen molar-refractivity contribution < 1.29 is 14.4 Å². The summed E-state index contributed by atoms with van der Waals surface area (Å²) in [5, 5.41) is 9.58. The zero-order chi connectivity index (χ0) is 11.7. The highest BCUT2D eigenvalue weighted by atomic mass is 16.5. The van der Waals surface area contributed by atoms with Gasteiger partial charge in [-0.3, -0.25) is 0 Å². The van der Waals surface area contributed by atoms with Crippen LogP contribution in [0.15, 0.2) is 42.6 Å². The topological polar surface area (TPSA) is 51.6 Å². The molecule has 1 N–H and O–H groups in total. The molecule has 0 fully saturated rings. The number of ether oxygens (including phenoxy) is 1. The van der Waals surface area contributed by atoms with Gasteiger partial charge in [0, 0.05) is 12.3 Å². The molecule has 0 saturated heterocycles. The Morgan fingerprint density at radius 1 is 1.29 bits per heavy atom. The fourth-order valence-electron chi connectivity index (χ4n) is 1.78. The van der Waals surface area contributed by atoms with Gasteiger partial charge in [0.1, 0.15) is 5.75 Å². The number of hydrogen-bond acceptors (Lipinski definition) is 4. The molecule has 0 radical (unpaired) electrons. The molecule has 1 aromatic heterocycles. The number of pyridine rings is 1. The van der Waals surface area contributed by atoms with Gasteiger partial charge in [0.05, 0.1) is 6.61 Å². The second-order valence-corrected chi connectivity index (χ2v) is 3.79. The molecule has 2 heterocycles. The van der Waals surface area contributed by atoms with Gasteiger partial charge in [-0.1, -0.05) is 12.1 Å². The summed E-state index contributed by atoms with van der Waals surface area (Å²) in [6, 6.07) is 11.0. The van der Waals surface area contributed by atoms with Gasteiger partial charge >= 0.3 is 7.12 Å². The molecule has 84 valence electrons. The molecule has 0 saturated carbocycles. The van der Waals surface area contributed by atoms with Crippen LogP contribution >= 0.6 is 0 Å². The van der Waals surface area contributed by atoms with Crippen LogP contribution in [-0.4, -0.2) is 17.1 Å². The van der Waals surface area contributed by atoms with Crippen molar-refractivity contribution in [3.05, 3.63) is 48.2 Å². The van der Waals surface area contributed by atoms with Crippen molar-refractivity contribution in [1.29, 1.82) is 0 Å². The van der Waals surface area contributed by atoms with Crippen molar-refractivity contribution in [2.24, 2.45) is 0 Å². The van der Waals surface area contributed by atoms with Gasteiger partial charge in [-0.2, -0.15) is 0 Å². The molecule has 0 bridgehead atoms. The van der Waals surface area contributed by atoms with Crippen LogP contribution in [0.25, 0.3) is 0 Å². The Hall–Kier alpha value is -1.85. The molecular formula is C12H10BNO3. The Balaban J connectivity index is 1.88. The summed E-state index contributed by atoms with van der Waals surface area (Å²) < 4.78 is 10.7. The fraction of sp³-hybridized carbons (Fsp3) is 0.0833. The summed E-state index contributed by atoms with van der Waals surface area (Å²) in [5.74, 6) is 1.17. The van der Waals surface area contributed by atoms with E-state index in [1.807, 2.05) is 24.3 Å². The maximum absolute atomic E-state index is 9.58. The maximum atomic E-state index is 9.58. The largest absolute Gasteiger partial charge is 0.491 e. The van der Waals surface area contributed by atoms with E-state index >= 15 is 0 Å². The minimum Gasteiger partial charge on any atom is -0.439 e. The maximum Gasteiger partial charge on any atom is 0.491 e. The van der Waals surface area contributed by atoms with Gasteiger partial charge in [0.15, 0.2) is 0 Å². The number of fused-ring (bicyclic) bond motifs is 1. The van der Waals surface area contributed by atoms with E-state index in [-0.39, 0.29) is 0 Å². The minimum atomic E-state index is -0.850. The van der Waals surface area contributed by atoms with Crippen LogP contribution in [-0.2, 0) is 11.3 Å². The highest BCUT2D eigenvalue weighted by Gasteiger charge is 2.27. The predicted octanol–water partition coefficient (Wildman–Crippen LogP) is 1.09. The fourth-order valence-corrected chi connectivity index (χ4v) is 1.78. The lowest BCUT2D eigenvalue weighted by atomic mass is 9.79. The third-order valence-electron chi connectivity index (χ3n) is 2.64. The molecule has 17 heavy (non-hydrogen) atoms. The van der Waals surface area contributed by atoms with E-state index in [1.165, 1.54) is 0 Å². The minimum absolute atomic E-state index is 0.445. The second kappa shape index (κ2) is 4.20. The Labute approximate surface area is 99.0 Å². The number of rotatable bonds is 2. The molecule has 0 spiro atoms. The summed E-state index contributed by atoms with van der Waals surface area (Å²) in [7, 11) is -0.850. The number of nitrogens with zero attached hydrogens (tertiary/aromatic N) is 1. The van der Waals surface area contributed by atoms with E-state index < -0.39 is 7.12 Å². The van der Waals surface area contributed by atoms with E-state index in [0.29, 0.717) is 18.2 Å². The van der Waals surface area contributed by atoms with Gasteiger partial charge in [0.25, 0.3) is 0 Å². The zero-order valence-corrected chi connectivity index (χ0v) is 9.04. The third kappa shape index (κ3) is 2.02. The average Bonchev–Trinajstić information content (AvgIpc) is 2.73. The molecular weight excluding hydrogens is 217 g/mol. The Bertz CT molecular complexity index is 533. The number of benzene rings is 1. The zero-order valence-electron chi connectivity index (χ0n) is 9.04. The highest BCUT2D eigenvalue weighted by molar-refractivity contribution is 6.61. The van der Waals surface area contributed by atoms with E-state index in [4.69, 9.17) is 9.39 Å². The van der Waals surface area contributed by atoms with Gasteiger partial charge in [-0.15, -0.1) is 0 Å². The van der Waals surface area contributed by atoms with Crippen LogP contribution < -0.4 is 10.2 Å². The Kier molecular flexibility index (Phi) is 2.55. The first-order valence-electron chi connectivity index (χ1n) is 5.34. The van der Waals surface area contributed by atoms with E-state index in [9.17, 15) is 5.02 Å². The van der Waals surface area contributed by atoms with Gasteiger partial charge in [-0.05, 0) is 29.2 Å². The first-order chi connectivity index (χ1) is 8.33.